The van der Waals surface area contributed by atoms with Gasteiger partial charge in [0.05, 0.1) is 22.3 Å². The predicted molar refractivity (Wildman–Crippen MR) is 129 cm³/mol. The summed E-state index contributed by atoms with van der Waals surface area (Å²) >= 11 is 0. The van der Waals surface area contributed by atoms with Crippen molar-refractivity contribution in [3.63, 3.8) is 0 Å². The standard InChI is InChI=1S/C27H24O2Si/c1-28-21-14-15-24(29-2)27(18-21)30(3,25-16-12-19-8-4-6-10-22(19)25)26-17-13-20-9-5-7-11-23(20)26/h4-18H,1-3H3/q-2. The maximum absolute atomic E-state index is 5.89. The fraction of sp³-hybridized carbons (Fsp3) is 0.111. The molecule has 2 nitrogen and oxygen atoms in total. The molecule has 0 aliphatic rings. The number of ether oxygens (including phenoxy) is 2. The third-order valence-corrected chi connectivity index (χ3v) is 10.9. The molecule has 0 spiro atoms. The Morgan fingerprint density at radius 3 is 1.77 bits per heavy atom. The van der Waals surface area contributed by atoms with Crippen molar-refractivity contribution in [2.75, 3.05) is 14.2 Å². The van der Waals surface area contributed by atoms with Crippen molar-refractivity contribution in [3.05, 3.63) is 91.0 Å². The van der Waals surface area contributed by atoms with Gasteiger partial charge in [0.25, 0.3) is 0 Å². The second-order valence-corrected chi connectivity index (χ2v) is 11.7. The van der Waals surface area contributed by atoms with Crippen LogP contribution in [0.5, 0.6) is 11.5 Å². The van der Waals surface area contributed by atoms with E-state index in [2.05, 4.69) is 85.4 Å². The maximum atomic E-state index is 5.89. The fourth-order valence-electron chi connectivity index (χ4n) is 4.81. The summed E-state index contributed by atoms with van der Waals surface area (Å²) in [4.78, 5) is 0. The van der Waals surface area contributed by atoms with E-state index in [1.165, 1.54) is 37.1 Å². The van der Waals surface area contributed by atoms with Crippen LogP contribution < -0.4 is 25.0 Å². The van der Waals surface area contributed by atoms with Gasteiger partial charge in [-0.05, 0) is 23.4 Å². The highest BCUT2D eigenvalue weighted by Crippen LogP contribution is 2.26. The van der Waals surface area contributed by atoms with Crippen LogP contribution in [0.1, 0.15) is 0 Å². The highest BCUT2D eigenvalue weighted by Gasteiger charge is 2.33. The molecule has 0 aliphatic heterocycles. The van der Waals surface area contributed by atoms with Crippen molar-refractivity contribution in [2.24, 2.45) is 0 Å². The summed E-state index contributed by atoms with van der Waals surface area (Å²) in [5.41, 5.74) is 0. The highest BCUT2D eigenvalue weighted by atomic mass is 28.3. The molecule has 0 amide bonds. The van der Waals surface area contributed by atoms with Crippen LogP contribution in [-0.4, -0.2) is 22.3 Å². The first-order valence-corrected chi connectivity index (χ1v) is 12.7. The van der Waals surface area contributed by atoms with Gasteiger partial charge in [-0.25, -0.2) is 0 Å². The lowest BCUT2D eigenvalue weighted by Crippen LogP contribution is -2.64. The molecule has 0 radical (unpaired) electrons. The van der Waals surface area contributed by atoms with Crippen molar-refractivity contribution in [2.45, 2.75) is 6.55 Å². The van der Waals surface area contributed by atoms with Crippen LogP contribution in [0, 0.1) is 0 Å². The molecule has 0 unspecified atom stereocenters. The van der Waals surface area contributed by atoms with Crippen molar-refractivity contribution >= 4 is 45.2 Å². The summed E-state index contributed by atoms with van der Waals surface area (Å²) in [6.45, 7) is 2.44. The molecule has 0 N–H and O–H groups in total. The Morgan fingerprint density at radius 1 is 0.633 bits per heavy atom. The topological polar surface area (TPSA) is 18.5 Å². The first-order chi connectivity index (χ1) is 14.7. The van der Waals surface area contributed by atoms with Gasteiger partial charge in [-0.3, -0.25) is 0 Å². The fourth-order valence-corrected chi connectivity index (χ4v) is 9.16. The van der Waals surface area contributed by atoms with Crippen LogP contribution in [-0.2, 0) is 0 Å². The summed E-state index contributed by atoms with van der Waals surface area (Å²) < 4.78 is 11.5. The molecule has 5 rings (SSSR count). The van der Waals surface area contributed by atoms with Gasteiger partial charge in [0.1, 0.15) is 11.5 Å². The third kappa shape index (κ3) is 2.70. The number of methoxy groups -OCH3 is 2. The van der Waals surface area contributed by atoms with Crippen LogP contribution in [0.15, 0.2) is 91.0 Å². The third-order valence-electron chi connectivity index (χ3n) is 6.38. The molecule has 3 heteroatoms. The molecular formula is C27H24O2Si-2. The molecule has 0 saturated carbocycles. The molecular weight excluding hydrogens is 384 g/mol. The van der Waals surface area contributed by atoms with Crippen LogP contribution in [0.2, 0.25) is 6.55 Å². The van der Waals surface area contributed by atoms with Crippen molar-refractivity contribution in [1.29, 1.82) is 0 Å². The SMILES string of the molecule is COc1ccc(OC)c([Si](C)(c2cc[c-]3ccccc23)c2cc[c-]3ccccc23)c1. The van der Waals surface area contributed by atoms with Crippen LogP contribution in [0.3, 0.4) is 0 Å². The molecule has 0 aliphatic carbocycles. The van der Waals surface area contributed by atoms with E-state index in [4.69, 9.17) is 9.47 Å². The molecule has 30 heavy (non-hydrogen) atoms. The van der Waals surface area contributed by atoms with Crippen molar-refractivity contribution in [1.82, 2.24) is 0 Å². The van der Waals surface area contributed by atoms with Crippen LogP contribution in [0.25, 0.3) is 21.5 Å². The lowest BCUT2D eigenvalue weighted by Gasteiger charge is -2.37. The zero-order valence-corrected chi connectivity index (χ0v) is 18.5. The molecule has 0 heterocycles. The van der Waals surface area contributed by atoms with Gasteiger partial charge >= 0.3 is 0 Å². The Balaban J connectivity index is 1.90. The summed E-state index contributed by atoms with van der Waals surface area (Å²) in [6.07, 6.45) is 0. The second-order valence-electron chi connectivity index (χ2n) is 7.86. The number of hydrogen-bond donors (Lipinski definition) is 0. The first kappa shape index (κ1) is 18.7. The Hall–Kier alpha value is -3.30. The average molecular weight is 409 g/mol. The minimum absolute atomic E-state index is 0.858. The smallest absolute Gasteiger partial charge is 0.118 e. The lowest BCUT2D eigenvalue weighted by atomic mass is 10.2. The monoisotopic (exact) mass is 408 g/mol. The first-order valence-electron chi connectivity index (χ1n) is 10.2. The van der Waals surface area contributed by atoms with E-state index in [-0.39, 0.29) is 0 Å². The minimum Gasteiger partial charge on any atom is -0.497 e. The van der Waals surface area contributed by atoms with E-state index in [0.29, 0.717) is 0 Å². The van der Waals surface area contributed by atoms with Gasteiger partial charge in [-0.2, -0.15) is 12.1 Å². The highest BCUT2D eigenvalue weighted by molar-refractivity contribution is 7.13. The quantitative estimate of drug-likeness (QED) is 0.314. The molecule has 5 aromatic rings. The van der Waals surface area contributed by atoms with E-state index >= 15 is 0 Å². The molecule has 150 valence electrons. The van der Waals surface area contributed by atoms with Gasteiger partial charge in [0, 0.05) is 0 Å². The van der Waals surface area contributed by atoms with E-state index in [1.54, 1.807) is 14.2 Å². The molecule has 0 saturated heterocycles. The average Bonchev–Trinajstić information content (AvgIpc) is 3.43. The largest absolute Gasteiger partial charge is 0.497 e. The van der Waals surface area contributed by atoms with Crippen LogP contribution in [0.4, 0.5) is 0 Å². The molecule has 0 bridgehead atoms. The van der Waals surface area contributed by atoms with Gasteiger partial charge < -0.3 is 9.47 Å². The normalized spacial score (nSPS) is 11.8. The Labute approximate surface area is 178 Å². The number of rotatable bonds is 5. The summed E-state index contributed by atoms with van der Waals surface area (Å²) in [5, 5.41) is 9.25. The molecule has 0 fully saturated rings. The summed E-state index contributed by atoms with van der Waals surface area (Å²) in [6, 6.07) is 32.7. The zero-order chi connectivity index (χ0) is 20.7. The maximum Gasteiger partial charge on any atom is 0.118 e. The van der Waals surface area contributed by atoms with Gasteiger partial charge in [0.15, 0.2) is 0 Å². The number of benzene rings is 3. The van der Waals surface area contributed by atoms with E-state index < -0.39 is 8.07 Å². The van der Waals surface area contributed by atoms with Crippen molar-refractivity contribution < 1.29 is 9.47 Å². The molecule has 5 aromatic carbocycles. The summed E-state index contributed by atoms with van der Waals surface area (Å²) in [7, 11) is 1.06. The number of hydrogen-bond acceptors (Lipinski definition) is 2. The molecule has 0 aromatic heterocycles. The van der Waals surface area contributed by atoms with Crippen molar-refractivity contribution in [3.8, 4) is 11.5 Å². The number of fused-ring (bicyclic) bond motifs is 2. The van der Waals surface area contributed by atoms with E-state index in [1.807, 2.05) is 12.1 Å². The molecule has 0 atom stereocenters. The van der Waals surface area contributed by atoms with Gasteiger partial charge in [-0.1, -0.05) is 17.3 Å². The van der Waals surface area contributed by atoms with Gasteiger partial charge in [-0.15, -0.1) is 81.8 Å². The Kier molecular flexibility index (Phi) is 4.48. The van der Waals surface area contributed by atoms with E-state index in [9.17, 15) is 0 Å². The summed E-state index contributed by atoms with van der Waals surface area (Å²) in [5.74, 6) is 1.77. The van der Waals surface area contributed by atoms with Gasteiger partial charge in [0.2, 0.25) is 0 Å². The van der Waals surface area contributed by atoms with Crippen LogP contribution >= 0.6 is 0 Å². The Morgan fingerprint density at radius 2 is 1.23 bits per heavy atom. The minimum atomic E-state index is -2.42. The zero-order valence-electron chi connectivity index (χ0n) is 17.5. The lowest BCUT2D eigenvalue weighted by molar-refractivity contribution is 0.405. The second kappa shape index (κ2) is 7.19. The van der Waals surface area contributed by atoms with E-state index in [0.717, 1.165) is 11.5 Å². The predicted octanol–water partition coefficient (Wildman–Crippen LogP) is 4.55. The Bertz CT molecular complexity index is 1270.